The standard InChI is InChI=1S/C14H20N2O/c1-9(2)16(10(3)4)14-15-12-8-11(5)6-7-13(12)17-14/h6-10H,1-5H3. The monoisotopic (exact) mass is 232 g/mol. The van der Waals surface area contributed by atoms with E-state index >= 15 is 0 Å². The number of aromatic nitrogens is 1. The fourth-order valence-electron chi connectivity index (χ4n) is 2.17. The fraction of sp³-hybridized carbons (Fsp3) is 0.500. The van der Waals surface area contributed by atoms with Crippen LogP contribution < -0.4 is 4.90 Å². The van der Waals surface area contributed by atoms with Crippen LogP contribution in [-0.2, 0) is 0 Å². The van der Waals surface area contributed by atoms with E-state index in [1.54, 1.807) is 0 Å². The van der Waals surface area contributed by atoms with E-state index in [0.717, 1.165) is 17.1 Å². The van der Waals surface area contributed by atoms with E-state index in [0.29, 0.717) is 12.1 Å². The maximum absolute atomic E-state index is 5.82. The fourth-order valence-corrected chi connectivity index (χ4v) is 2.17. The van der Waals surface area contributed by atoms with Crippen molar-refractivity contribution in [3.05, 3.63) is 23.8 Å². The molecule has 0 aliphatic carbocycles. The van der Waals surface area contributed by atoms with Crippen LogP contribution in [0.2, 0.25) is 0 Å². The maximum Gasteiger partial charge on any atom is 0.298 e. The van der Waals surface area contributed by atoms with Crippen molar-refractivity contribution in [1.82, 2.24) is 4.98 Å². The normalized spacial score (nSPS) is 11.7. The summed E-state index contributed by atoms with van der Waals surface area (Å²) in [6, 6.07) is 7.57. The van der Waals surface area contributed by atoms with Crippen molar-refractivity contribution in [3.8, 4) is 0 Å². The smallest absolute Gasteiger partial charge is 0.298 e. The zero-order valence-corrected chi connectivity index (χ0v) is 11.2. The third-order valence-electron chi connectivity index (χ3n) is 2.87. The minimum Gasteiger partial charge on any atom is -0.423 e. The highest BCUT2D eigenvalue weighted by Gasteiger charge is 2.19. The Morgan fingerprint density at radius 1 is 1.12 bits per heavy atom. The second kappa shape index (κ2) is 4.40. The Kier molecular flexibility index (Phi) is 3.09. The van der Waals surface area contributed by atoms with E-state index in [1.807, 2.05) is 12.1 Å². The highest BCUT2D eigenvalue weighted by atomic mass is 16.4. The minimum absolute atomic E-state index is 0.379. The molecular weight excluding hydrogens is 212 g/mol. The number of benzene rings is 1. The number of hydrogen-bond donors (Lipinski definition) is 0. The van der Waals surface area contributed by atoms with Crippen LogP contribution in [0, 0.1) is 6.92 Å². The summed E-state index contributed by atoms with van der Waals surface area (Å²) in [5.74, 6) is 0. The van der Waals surface area contributed by atoms with Gasteiger partial charge in [0.05, 0.1) is 0 Å². The van der Waals surface area contributed by atoms with Crippen LogP contribution in [0.3, 0.4) is 0 Å². The number of hydrogen-bond acceptors (Lipinski definition) is 3. The van der Waals surface area contributed by atoms with Gasteiger partial charge in [-0.15, -0.1) is 0 Å². The van der Waals surface area contributed by atoms with Crippen LogP contribution in [0.25, 0.3) is 11.1 Å². The topological polar surface area (TPSA) is 29.3 Å². The van der Waals surface area contributed by atoms with Crippen LogP contribution >= 0.6 is 0 Å². The third-order valence-corrected chi connectivity index (χ3v) is 2.87. The molecule has 1 heterocycles. The zero-order valence-electron chi connectivity index (χ0n) is 11.2. The van der Waals surface area contributed by atoms with Crippen molar-refractivity contribution in [3.63, 3.8) is 0 Å². The van der Waals surface area contributed by atoms with E-state index < -0.39 is 0 Å². The average molecular weight is 232 g/mol. The predicted octanol–water partition coefficient (Wildman–Crippen LogP) is 3.76. The van der Waals surface area contributed by atoms with Crippen LogP contribution in [0.4, 0.5) is 6.01 Å². The Labute approximate surface area is 102 Å². The van der Waals surface area contributed by atoms with Crippen LogP contribution in [-0.4, -0.2) is 17.1 Å². The van der Waals surface area contributed by atoms with E-state index in [4.69, 9.17) is 4.42 Å². The molecule has 0 spiro atoms. The summed E-state index contributed by atoms with van der Waals surface area (Å²) < 4.78 is 5.82. The first-order chi connectivity index (χ1) is 7.99. The number of fused-ring (bicyclic) bond motifs is 1. The molecule has 0 unspecified atom stereocenters. The van der Waals surface area contributed by atoms with Crippen molar-refractivity contribution < 1.29 is 4.42 Å². The molecule has 1 aromatic carbocycles. The van der Waals surface area contributed by atoms with Crippen molar-refractivity contribution in [1.29, 1.82) is 0 Å². The van der Waals surface area contributed by atoms with Gasteiger partial charge in [-0.25, -0.2) is 0 Å². The van der Waals surface area contributed by atoms with Gasteiger partial charge in [-0.3, -0.25) is 0 Å². The number of oxazole rings is 1. The Hall–Kier alpha value is -1.51. The first-order valence-electron chi connectivity index (χ1n) is 6.14. The summed E-state index contributed by atoms with van der Waals surface area (Å²) in [5.41, 5.74) is 3.00. The summed E-state index contributed by atoms with van der Waals surface area (Å²) in [6.45, 7) is 10.7. The van der Waals surface area contributed by atoms with Gasteiger partial charge in [0.25, 0.3) is 6.01 Å². The molecule has 0 aliphatic rings. The van der Waals surface area contributed by atoms with Gasteiger partial charge in [-0.05, 0) is 52.3 Å². The summed E-state index contributed by atoms with van der Waals surface area (Å²) >= 11 is 0. The second-order valence-electron chi connectivity index (χ2n) is 5.06. The first kappa shape index (κ1) is 12.0. The van der Waals surface area contributed by atoms with Crippen LogP contribution in [0.15, 0.2) is 22.6 Å². The van der Waals surface area contributed by atoms with Gasteiger partial charge >= 0.3 is 0 Å². The molecule has 0 atom stereocenters. The second-order valence-corrected chi connectivity index (χ2v) is 5.06. The maximum atomic E-state index is 5.82. The summed E-state index contributed by atoms with van der Waals surface area (Å²) in [6.07, 6.45) is 0. The molecule has 0 N–H and O–H groups in total. The molecule has 17 heavy (non-hydrogen) atoms. The average Bonchev–Trinajstić information content (AvgIpc) is 2.58. The molecule has 0 fully saturated rings. The van der Waals surface area contributed by atoms with Crippen molar-refractivity contribution >= 4 is 17.1 Å². The summed E-state index contributed by atoms with van der Waals surface area (Å²) in [4.78, 5) is 6.77. The van der Waals surface area contributed by atoms with E-state index in [9.17, 15) is 0 Å². The zero-order chi connectivity index (χ0) is 12.6. The van der Waals surface area contributed by atoms with Crippen molar-refractivity contribution in [2.75, 3.05) is 4.90 Å². The highest BCUT2D eigenvalue weighted by molar-refractivity contribution is 5.75. The first-order valence-corrected chi connectivity index (χ1v) is 6.14. The number of aryl methyl sites for hydroxylation is 1. The van der Waals surface area contributed by atoms with E-state index in [2.05, 4.69) is 50.6 Å². The molecule has 0 radical (unpaired) electrons. The largest absolute Gasteiger partial charge is 0.423 e. The number of anilines is 1. The highest BCUT2D eigenvalue weighted by Crippen LogP contribution is 2.25. The van der Waals surface area contributed by atoms with Gasteiger partial charge in [-0.1, -0.05) is 6.07 Å². The molecule has 0 saturated carbocycles. The van der Waals surface area contributed by atoms with E-state index in [1.165, 1.54) is 5.56 Å². The SMILES string of the molecule is Cc1ccc2oc(N(C(C)C)C(C)C)nc2c1. The quantitative estimate of drug-likeness (QED) is 0.807. The Bertz CT molecular complexity index is 506. The molecule has 2 rings (SSSR count). The molecule has 1 aromatic heterocycles. The Morgan fingerprint density at radius 2 is 1.76 bits per heavy atom. The summed E-state index contributed by atoms with van der Waals surface area (Å²) in [5, 5.41) is 0. The van der Waals surface area contributed by atoms with Crippen molar-refractivity contribution in [2.45, 2.75) is 46.7 Å². The molecule has 92 valence electrons. The molecule has 3 heteroatoms. The van der Waals surface area contributed by atoms with Gasteiger partial charge in [0.15, 0.2) is 5.58 Å². The predicted molar refractivity (Wildman–Crippen MR) is 71.5 cm³/mol. The van der Waals surface area contributed by atoms with Gasteiger partial charge < -0.3 is 9.32 Å². The van der Waals surface area contributed by atoms with Gasteiger partial charge in [0.2, 0.25) is 0 Å². The van der Waals surface area contributed by atoms with Crippen LogP contribution in [0.5, 0.6) is 0 Å². The minimum atomic E-state index is 0.379. The van der Waals surface area contributed by atoms with Gasteiger partial charge in [0, 0.05) is 12.1 Å². The molecule has 0 amide bonds. The summed E-state index contributed by atoms with van der Waals surface area (Å²) in [7, 11) is 0. The molecule has 3 nitrogen and oxygen atoms in total. The molecule has 0 bridgehead atoms. The lowest BCUT2D eigenvalue weighted by Crippen LogP contribution is -2.37. The van der Waals surface area contributed by atoms with E-state index in [-0.39, 0.29) is 0 Å². The number of nitrogens with zero attached hydrogens (tertiary/aromatic N) is 2. The van der Waals surface area contributed by atoms with Crippen LogP contribution in [0.1, 0.15) is 33.3 Å². The molecule has 0 aliphatic heterocycles. The Morgan fingerprint density at radius 3 is 2.35 bits per heavy atom. The lowest BCUT2D eigenvalue weighted by Gasteiger charge is -2.28. The molecule has 2 aromatic rings. The number of rotatable bonds is 3. The third kappa shape index (κ3) is 2.28. The molecule has 0 saturated heterocycles. The van der Waals surface area contributed by atoms with Crippen molar-refractivity contribution in [2.24, 2.45) is 0 Å². The molecular formula is C14H20N2O. The van der Waals surface area contributed by atoms with Gasteiger partial charge in [0.1, 0.15) is 5.52 Å². The van der Waals surface area contributed by atoms with Gasteiger partial charge in [-0.2, -0.15) is 4.98 Å². The lowest BCUT2D eigenvalue weighted by atomic mass is 10.2. The Balaban J connectivity index is 2.47. The lowest BCUT2D eigenvalue weighted by molar-refractivity contribution is 0.505.